The molecule has 0 spiro atoms. The van der Waals surface area contributed by atoms with E-state index in [1.165, 1.54) is 23.1 Å². The summed E-state index contributed by atoms with van der Waals surface area (Å²) in [5, 5.41) is 4.72. The molecule has 3 rings (SSSR count). The van der Waals surface area contributed by atoms with Crippen LogP contribution in [-0.4, -0.2) is 34.4 Å². The molecule has 2 heterocycles. The largest absolute Gasteiger partial charge is 0.492 e. The standard InChI is InChI=1S/C21H24ClN3O3S2/c1-12(2)25-20(27)18-13(3)14(4)30-19(18)24-21(25)29-11-17(26)23-9-10-28-16-7-5-15(22)6-8-16/h5-8,12H,9-11H2,1-4H3,(H,23,26). The van der Waals surface area contributed by atoms with E-state index in [9.17, 15) is 9.59 Å². The molecule has 160 valence electrons. The number of halogens is 1. The molecule has 1 N–H and O–H groups in total. The Balaban J connectivity index is 1.60. The molecule has 9 heteroatoms. The lowest BCUT2D eigenvalue weighted by atomic mass is 10.2. The molecular weight excluding hydrogens is 442 g/mol. The maximum atomic E-state index is 13.0. The first-order valence-corrected chi connectivity index (χ1v) is 11.8. The molecule has 0 aliphatic carbocycles. The maximum absolute atomic E-state index is 13.0. The van der Waals surface area contributed by atoms with E-state index in [0.29, 0.717) is 34.5 Å². The number of ether oxygens (including phenoxy) is 1. The molecule has 0 fully saturated rings. The number of hydrogen-bond acceptors (Lipinski definition) is 6. The summed E-state index contributed by atoms with van der Waals surface area (Å²) in [6.45, 7) is 8.58. The number of rotatable bonds is 8. The lowest BCUT2D eigenvalue weighted by Gasteiger charge is -2.15. The third-order valence-corrected chi connectivity index (χ3v) is 6.86. The van der Waals surface area contributed by atoms with Crippen molar-refractivity contribution < 1.29 is 9.53 Å². The van der Waals surface area contributed by atoms with Gasteiger partial charge in [-0.2, -0.15) is 0 Å². The van der Waals surface area contributed by atoms with Crippen molar-refractivity contribution in [3.05, 3.63) is 50.1 Å². The summed E-state index contributed by atoms with van der Waals surface area (Å²) in [7, 11) is 0. The van der Waals surface area contributed by atoms with E-state index in [4.69, 9.17) is 16.3 Å². The minimum absolute atomic E-state index is 0.0453. The van der Waals surface area contributed by atoms with Gasteiger partial charge in [-0.3, -0.25) is 14.2 Å². The summed E-state index contributed by atoms with van der Waals surface area (Å²) in [6, 6.07) is 7.01. The third kappa shape index (κ3) is 5.17. The molecular formula is C21H24ClN3O3S2. The zero-order valence-electron chi connectivity index (χ0n) is 17.3. The second-order valence-electron chi connectivity index (χ2n) is 7.07. The van der Waals surface area contributed by atoms with Gasteiger partial charge in [0.05, 0.1) is 17.7 Å². The van der Waals surface area contributed by atoms with Crippen molar-refractivity contribution >= 4 is 50.8 Å². The third-order valence-electron chi connectivity index (χ3n) is 4.56. The highest BCUT2D eigenvalue weighted by Crippen LogP contribution is 2.29. The van der Waals surface area contributed by atoms with Crippen molar-refractivity contribution in [2.45, 2.75) is 38.9 Å². The Bertz CT molecular complexity index is 1110. The molecule has 1 aromatic carbocycles. The number of hydrogen-bond donors (Lipinski definition) is 1. The van der Waals surface area contributed by atoms with E-state index in [-0.39, 0.29) is 23.3 Å². The van der Waals surface area contributed by atoms with Gasteiger partial charge in [-0.15, -0.1) is 11.3 Å². The number of nitrogens with one attached hydrogen (secondary N) is 1. The van der Waals surface area contributed by atoms with E-state index in [2.05, 4.69) is 10.3 Å². The Morgan fingerprint density at radius 2 is 2.00 bits per heavy atom. The average molecular weight is 466 g/mol. The Labute approximate surface area is 188 Å². The van der Waals surface area contributed by atoms with Crippen molar-refractivity contribution in [2.75, 3.05) is 18.9 Å². The monoisotopic (exact) mass is 465 g/mol. The number of benzene rings is 1. The Morgan fingerprint density at radius 1 is 1.30 bits per heavy atom. The molecule has 0 atom stereocenters. The Kier molecular flexibility index (Phi) is 7.44. The molecule has 0 unspecified atom stereocenters. The van der Waals surface area contributed by atoms with Gasteiger partial charge in [-0.1, -0.05) is 23.4 Å². The van der Waals surface area contributed by atoms with Crippen LogP contribution in [0.5, 0.6) is 5.75 Å². The van der Waals surface area contributed by atoms with E-state index >= 15 is 0 Å². The van der Waals surface area contributed by atoms with Crippen LogP contribution < -0.4 is 15.6 Å². The van der Waals surface area contributed by atoms with Gasteiger partial charge in [0.15, 0.2) is 5.16 Å². The van der Waals surface area contributed by atoms with Crippen LogP contribution in [-0.2, 0) is 4.79 Å². The summed E-state index contributed by atoms with van der Waals surface area (Å²) >= 11 is 8.63. The van der Waals surface area contributed by atoms with Crippen molar-refractivity contribution in [1.82, 2.24) is 14.9 Å². The molecule has 0 bridgehead atoms. The average Bonchev–Trinajstić information content (AvgIpc) is 2.98. The molecule has 0 saturated carbocycles. The highest BCUT2D eigenvalue weighted by molar-refractivity contribution is 7.99. The van der Waals surface area contributed by atoms with Gasteiger partial charge in [0, 0.05) is 15.9 Å². The second-order valence-corrected chi connectivity index (χ2v) is 9.65. The normalized spacial score (nSPS) is 11.3. The van der Waals surface area contributed by atoms with Crippen molar-refractivity contribution in [1.29, 1.82) is 0 Å². The minimum atomic E-state index is -0.136. The first-order valence-electron chi connectivity index (χ1n) is 9.58. The lowest BCUT2D eigenvalue weighted by Crippen LogP contribution is -2.30. The van der Waals surface area contributed by atoms with Gasteiger partial charge >= 0.3 is 0 Å². The smallest absolute Gasteiger partial charge is 0.263 e. The summed E-state index contributed by atoms with van der Waals surface area (Å²) in [4.78, 5) is 31.8. The van der Waals surface area contributed by atoms with E-state index in [1.54, 1.807) is 28.8 Å². The zero-order chi connectivity index (χ0) is 21.8. The number of aryl methyl sites for hydroxylation is 2. The van der Waals surface area contributed by atoms with Crippen LogP contribution >= 0.6 is 34.7 Å². The van der Waals surface area contributed by atoms with Crippen molar-refractivity contribution in [3.63, 3.8) is 0 Å². The predicted octanol–water partition coefficient (Wildman–Crippen LogP) is 4.60. The number of thiophene rings is 1. The Morgan fingerprint density at radius 3 is 2.67 bits per heavy atom. The first kappa shape index (κ1) is 22.7. The molecule has 2 aromatic heterocycles. The molecule has 0 aliphatic rings. The maximum Gasteiger partial charge on any atom is 0.263 e. The molecule has 0 radical (unpaired) electrons. The lowest BCUT2D eigenvalue weighted by molar-refractivity contribution is -0.118. The number of fused-ring (bicyclic) bond motifs is 1. The summed E-state index contributed by atoms with van der Waals surface area (Å²) in [5.41, 5.74) is 0.938. The van der Waals surface area contributed by atoms with Gasteiger partial charge in [-0.05, 0) is 57.5 Å². The molecule has 0 saturated heterocycles. The number of carbonyl (C=O) groups excluding carboxylic acids is 1. The van der Waals surface area contributed by atoms with Crippen LogP contribution in [0.2, 0.25) is 5.02 Å². The number of nitrogens with zero attached hydrogens (tertiary/aromatic N) is 2. The molecule has 1 amide bonds. The van der Waals surface area contributed by atoms with Crippen molar-refractivity contribution in [3.8, 4) is 5.75 Å². The number of carbonyl (C=O) groups is 1. The summed E-state index contributed by atoms with van der Waals surface area (Å²) < 4.78 is 7.24. The van der Waals surface area contributed by atoms with Gasteiger partial charge in [0.25, 0.3) is 5.56 Å². The molecule has 30 heavy (non-hydrogen) atoms. The predicted molar refractivity (Wildman–Crippen MR) is 124 cm³/mol. The van der Waals surface area contributed by atoms with E-state index in [1.807, 2.05) is 27.7 Å². The second kappa shape index (κ2) is 9.85. The number of amides is 1. The Hall–Kier alpha value is -2.03. The SMILES string of the molecule is Cc1sc2nc(SCC(=O)NCCOc3ccc(Cl)cc3)n(C(C)C)c(=O)c2c1C. The van der Waals surface area contributed by atoms with Crippen LogP contribution in [0.4, 0.5) is 0 Å². The highest BCUT2D eigenvalue weighted by Gasteiger charge is 2.19. The molecule has 3 aromatic rings. The van der Waals surface area contributed by atoms with Gasteiger partial charge in [0.1, 0.15) is 17.2 Å². The summed E-state index contributed by atoms with van der Waals surface area (Å²) in [6.07, 6.45) is 0. The minimum Gasteiger partial charge on any atom is -0.492 e. The fourth-order valence-electron chi connectivity index (χ4n) is 2.92. The van der Waals surface area contributed by atoms with Gasteiger partial charge < -0.3 is 10.1 Å². The fraction of sp³-hybridized carbons (Fsp3) is 0.381. The van der Waals surface area contributed by atoms with Crippen LogP contribution in [0.1, 0.15) is 30.3 Å². The number of aromatic nitrogens is 2. The van der Waals surface area contributed by atoms with Crippen LogP contribution in [0.25, 0.3) is 10.2 Å². The zero-order valence-corrected chi connectivity index (χ0v) is 19.7. The van der Waals surface area contributed by atoms with Gasteiger partial charge in [0.2, 0.25) is 5.91 Å². The molecule has 0 aliphatic heterocycles. The topological polar surface area (TPSA) is 73.2 Å². The quantitative estimate of drug-likeness (QED) is 0.299. The molecule has 6 nitrogen and oxygen atoms in total. The van der Waals surface area contributed by atoms with Gasteiger partial charge in [-0.25, -0.2) is 4.98 Å². The highest BCUT2D eigenvalue weighted by atomic mass is 35.5. The number of thioether (sulfide) groups is 1. The van der Waals surface area contributed by atoms with Crippen LogP contribution in [0.15, 0.2) is 34.2 Å². The first-order chi connectivity index (χ1) is 14.3. The van der Waals surface area contributed by atoms with Crippen LogP contribution in [0.3, 0.4) is 0 Å². The van der Waals surface area contributed by atoms with Crippen LogP contribution in [0, 0.1) is 13.8 Å². The van der Waals surface area contributed by atoms with E-state index < -0.39 is 0 Å². The van der Waals surface area contributed by atoms with Crippen molar-refractivity contribution in [2.24, 2.45) is 0 Å². The fourth-order valence-corrected chi connectivity index (χ4v) is 5.07. The summed E-state index contributed by atoms with van der Waals surface area (Å²) in [5.74, 6) is 0.737. The van der Waals surface area contributed by atoms with E-state index in [0.717, 1.165) is 15.3 Å².